The molecule has 6 nitrogen and oxygen atoms in total. The van der Waals surface area contributed by atoms with Crippen LogP contribution in [0.25, 0.3) is 11.1 Å². The van der Waals surface area contributed by atoms with Crippen LogP contribution in [-0.2, 0) is 15.0 Å². The fourth-order valence-electron chi connectivity index (χ4n) is 4.39. The second-order valence-electron chi connectivity index (χ2n) is 8.42. The van der Waals surface area contributed by atoms with Gasteiger partial charge in [-0.05, 0) is 49.4 Å². The number of nitrogens with zero attached hydrogens (tertiary/aromatic N) is 2. The number of piperidine rings is 1. The standard InChI is InChI=1S/C24H25N3O3/c1-16(28)27-13-11-24(12-14-27,18-5-3-2-4-6-18)23(29)25-19-9-10-21-20(15-19)26-22(30-21)17-7-8-17/h2-6,9-10,15,17H,7-8,11-14H2,1H3,(H,25,29). The number of aromatic nitrogens is 1. The van der Waals surface area contributed by atoms with Crippen molar-refractivity contribution >= 4 is 28.6 Å². The van der Waals surface area contributed by atoms with E-state index in [4.69, 9.17) is 4.42 Å². The van der Waals surface area contributed by atoms with Crippen molar-refractivity contribution in [2.45, 2.75) is 43.9 Å². The van der Waals surface area contributed by atoms with E-state index >= 15 is 0 Å². The normalized spacial score (nSPS) is 18.4. The smallest absolute Gasteiger partial charge is 0.235 e. The molecule has 1 aliphatic carbocycles. The van der Waals surface area contributed by atoms with Gasteiger partial charge >= 0.3 is 0 Å². The van der Waals surface area contributed by atoms with Gasteiger partial charge in [0.2, 0.25) is 11.8 Å². The summed E-state index contributed by atoms with van der Waals surface area (Å²) < 4.78 is 5.83. The molecular weight excluding hydrogens is 378 g/mol. The largest absolute Gasteiger partial charge is 0.440 e. The molecule has 3 aromatic rings. The van der Waals surface area contributed by atoms with Crippen LogP contribution in [0.4, 0.5) is 5.69 Å². The van der Waals surface area contributed by atoms with Crippen molar-refractivity contribution < 1.29 is 14.0 Å². The Labute approximate surface area is 175 Å². The van der Waals surface area contributed by atoms with Crippen LogP contribution in [0.15, 0.2) is 52.9 Å². The number of amides is 2. The van der Waals surface area contributed by atoms with E-state index in [9.17, 15) is 9.59 Å². The molecule has 0 unspecified atom stereocenters. The fourth-order valence-corrected chi connectivity index (χ4v) is 4.39. The maximum Gasteiger partial charge on any atom is 0.235 e. The summed E-state index contributed by atoms with van der Waals surface area (Å²) in [4.78, 5) is 31.8. The van der Waals surface area contributed by atoms with Crippen LogP contribution in [0, 0.1) is 0 Å². The number of carbonyl (C=O) groups excluding carboxylic acids is 2. The minimum atomic E-state index is -0.662. The average Bonchev–Trinajstić information content (AvgIpc) is 3.53. The lowest BCUT2D eigenvalue weighted by atomic mass is 9.72. The summed E-state index contributed by atoms with van der Waals surface area (Å²) >= 11 is 0. The van der Waals surface area contributed by atoms with E-state index in [2.05, 4.69) is 10.3 Å². The van der Waals surface area contributed by atoms with Gasteiger partial charge in [0.05, 0.1) is 5.41 Å². The molecule has 1 aromatic heterocycles. The Hall–Kier alpha value is -3.15. The molecule has 1 aliphatic heterocycles. The Morgan fingerprint density at radius 1 is 1.10 bits per heavy atom. The molecule has 5 rings (SSSR count). The lowest BCUT2D eigenvalue weighted by Crippen LogP contribution is -2.50. The minimum Gasteiger partial charge on any atom is -0.440 e. The quantitative estimate of drug-likeness (QED) is 0.708. The summed E-state index contributed by atoms with van der Waals surface area (Å²) in [5.74, 6) is 1.26. The van der Waals surface area contributed by atoms with Gasteiger partial charge in [-0.15, -0.1) is 0 Å². The van der Waals surface area contributed by atoms with Crippen LogP contribution in [0.5, 0.6) is 0 Å². The van der Waals surface area contributed by atoms with Crippen molar-refractivity contribution in [3.63, 3.8) is 0 Å². The van der Waals surface area contributed by atoms with Gasteiger partial charge in [0.15, 0.2) is 11.5 Å². The average molecular weight is 403 g/mol. The van der Waals surface area contributed by atoms with E-state index in [0.717, 1.165) is 35.4 Å². The summed E-state index contributed by atoms with van der Waals surface area (Å²) in [6, 6.07) is 15.5. The molecule has 2 aliphatic rings. The predicted octanol–water partition coefficient (Wildman–Crippen LogP) is 4.22. The van der Waals surface area contributed by atoms with E-state index < -0.39 is 5.41 Å². The Kier molecular flexibility index (Phi) is 4.57. The molecule has 2 aromatic carbocycles. The van der Waals surface area contributed by atoms with Crippen LogP contribution in [0.3, 0.4) is 0 Å². The van der Waals surface area contributed by atoms with Gasteiger partial charge in [0.25, 0.3) is 0 Å². The maximum absolute atomic E-state index is 13.6. The molecule has 2 fully saturated rings. The molecule has 154 valence electrons. The maximum atomic E-state index is 13.6. The molecule has 1 saturated carbocycles. The zero-order chi connectivity index (χ0) is 20.7. The van der Waals surface area contributed by atoms with Crippen LogP contribution in [-0.4, -0.2) is 34.8 Å². The Balaban J connectivity index is 1.42. The molecule has 1 N–H and O–H groups in total. The highest BCUT2D eigenvalue weighted by Crippen LogP contribution is 2.41. The number of anilines is 1. The number of nitrogens with one attached hydrogen (secondary N) is 1. The fraction of sp³-hybridized carbons (Fsp3) is 0.375. The number of fused-ring (bicyclic) bond motifs is 1. The molecule has 6 heteroatoms. The van der Waals surface area contributed by atoms with Crippen LogP contribution >= 0.6 is 0 Å². The first-order valence-corrected chi connectivity index (χ1v) is 10.6. The van der Waals surface area contributed by atoms with E-state index in [1.54, 1.807) is 6.92 Å². The Bertz CT molecular complexity index is 1090. The molecule has 2 heterocycles. The van der Waals surface area contributed by atoms with E-state index in [1.807, 2.05) is 53.4 Å². The van der Waals surface area contributed by atoms with Crippen molar-refractivity contribution in [1.29, 1.82) is 0 Å². The van der Waals surface area contributed by atoms with Crippen molar-refractivity contribution in [3.05, 3.63) is 60.0 Å². The lowest BCUT2D eigenvalue weighted by molar-refractivity contribution is -0.133. The van der Waals surface area contributed by atoms with Crippen molar-refractivity contribution in [2.24, 2.45) is 0 Å². The molecule has 1 saturated heterocycles. The molecule has 30 heavy (non-hydrogen) atoms. The molecule has 0 bridgehead atoms. The molecule has 0 radical (unpaired) electrons. The summed E-state index contributed by atoms with van der Waals surface area (Å²) in [5, 5.41) is 3.12. The van der Waals surface area contributed by atoms with Crippen LogP contribution in [0.2, 0.25) is 0 Å². The first kappa shape index (κ1) is 18.9. The second kappa shape index (κ2) is 7.27. The monoisotopic (exact) mass is 403 g/mol. The molecule has 2 amide bonds. The molecule has 0 atom stereocenters. The van der Waals surface area contributed by atoms with Gasteiger partial charge in [-0.1, -0.05) is 30.3 Å². The predicted molar refractivity (Wildman–Crippen MR) is 114 cm³/mol. The van der Waals surface area contributed by atoms with Gasteiger partial charge in [0, 0.05) is 31.6 Å². The highest BCUT2D eigenvalue weighted by atomic mass is 16.3. The summed E-state index contributed by atoms with van der Waals surface area (Å²) in [7, 11) is 0. The minimum absolute atomic E-state index is 0.0397. The van der Waals surface area contributed by atoms with E-state index in [-0.39, 0.29) is 11.8 Å². The number of oxazole rings is 1. The van der Waals surface area contributed by atoms with Crippen LogP contribution in [0.1, 0.15) is 50.0 Å². The zero-order valence-corrected chi connectivity index (χ0v) is 17.1. The SMILES string of the molecule is CC(=O)N1CCC(C(=O)Nc2ccc3oc(C4CC4)nc3c2)(c2ccccc2)CC1. The van der Waals surface area contributed by atoms with Gasteiger partial charge in [-0.25, -0.2) is 4.98 Å². The number of benzene rings is 2. The van der Waals surface area contributed by atoms with Gasteiger partial charge in [-0.3, -0.25) is 9.59 Å². The zero-order valence-electron chi connectivity index (χ0n) is 17.1. The first-order chi connectivity index (χ1) is 14.5. The topological polar surface area (TPSA) is 75.4 Å². The number of carbonyl (C=O) groups is 2. The third-order valence-electron chi connectivity index (χ3n) is 6.41. The molecular formula is C24H25N3O3. The van der Waals surface area contributed by atoms with E-state index in [1.165, 1.54) is 0 Å². The molecule has 0 spiro atoms. The Morgan fingerprint density at radius 2 is 1.83 bits per heavy atom. The third-order valence-corrected chi connectivity index (χ3v) is 6.41. The summed E-state index contributed by atoms with van der Waals surface area (Å²) in [6.07, 6.45) is 3.46. The van der Waals surface area contributed by atoms with E-state index in [0.29, 0.717) is 37.5 Å². The van der Waals surface area contributed by atoms with Crippen molar-refractivity contribution in [3.8, 4) is 0 Å². The van der Waals surface area contributed by atoms with Crippen molar-refractivity contribution in [2.75, 3.05) is 18.4 Å². The third kappa shape index (κ3) is 3.36. The number of rotatable bonds is 4. The highest BCUT2D eigenvalue weighted by molar-refractivity contribution is 6.00. The number of likely N-dealkylation sites (tertiary alicyclic amines) is 1. The highest BCUT2D eigenvalue weighted by Gasteiger charge is 2.43. The Morgan fingerprint density at radius 3 is 2.50 bits per heavy atom. The second-order valence-corrected chi connectivity index (χ2v) is 8.42. The van der Waals surface area contributed by atoms with Crippen LogP contribution < -0.4 is 5.32 Å². The number of hydrogen-bond donors (Lipinski definition) is 1. The van der Waals surface area contributed by atoms with Gasteiger partial charge in [0.1, 0.15) is 5.52 Å². The van der Waals surface area contributed by atoms with Crippen molar-refractivity contribution in [1.82, 2.24) is 9.88 Å². The first-order valence-electron chi connectivity index (χ1n) is 10.6. The summed E-state index contributed by atoms with van der Waals surface area (Å²) in [5.41, 5.74) is 2.57. The summed E-state index contributed by atoms with van der Waals surface area (Å²) in [6.45, 7) is 2.73. The van der Waals surface area contributed by atoms with Gasteiger partial charge < -0.3 is 14.6 Å². The lowest BCUT2D eigenvalue weighted by Gasteiger charge is -2.40. The number of hydrogen-bond acceptors (Lipinski definition) is 4. The van der Waals surface area contributed by atoms with Gasteiger partial charge in [-0.2, -0.15) is 0 Å².